The minimum absolute atomic E-state index is 0.0199. The molecule has 1 heterocycles. The van der Waals surface area contributed by atoms with E-state index in [9.17, 15) is 4.79 Å². The zero-order chi connectivity index (χ0) is 13.0. The molecule has 0 spiro atoms. The first kappa shape index (κ1) is 13.8. The number of hydrogen-bond acceptors (Lipinski definition) is 4. The highest BCUT2D eigenvalue weighted by atomic mass is 16.2. The van der Waals surface area contributed by atoms with Crippen LogP contribution in [0.4, 0.5) is 0 Å². The van der Waals surface area contributed by atoms with Gasteiger partial charge in [-0.3, -0.25) is 14.6 Å². The van der Waals surface area contributed by atoms with Gasteiger partial charge < -0.3 is 10.6 Å². The van der Waals surface area contributed by atoms with Crippen LogP contribution in [0.3, 0.4) is 0 Å². The van der Waals surface area contributed by atoms with Crippen molar-refractivity contribution in [2.45, 2.75) is 31.8 Å². The summed E-state index contributed by atoms with van der Waals surface area (Å²) >= 11 is 0. The highest BCUT2D eigenvalue weighted by Gasteiger charge is 2.27. The van der Waals surface area contributed by atoms with Crippen LogP contribution in [0.1, 0.15) is 19.8 Å². The zero-order valence-electron chi connectivity index (χ0n) is 11.6. The number of carbonyl (C=O) groups excluding carboxylic acids is 1. The molecule has 1 saturated heterocycles. The monoisotopic (exact) mass is 254 g/mol. The fourth-order valence-electron chi connectivity index (χ4n) is 2.18. The second-order valence-electron chi connectivity index (χ2n) is 5.53. The smallest absolute Gasteiger partial charge is 0.237 e. The Labute approximate surface area is 110 Å². The molecule has 0 aromatic rings. The maximum atomic E-state index is 11.9. The number of piperazine rings is 1. The Bertz CT molecular complexity index is 274. The van der Waals surface area contributed by atoms with Gasteiger partial charge in [0.25, 0.3) is 0 Å². The summed E-state index contributed by atoms with van der Waals surface area (Å²) in [5.74, 6) is 0.181. The van der Waals surface area contributed by atoms with E-state index in [0.717, 1.165) is 52.1 Å². The van der Waals surface area contributed by atoms with Crippen molar-refractivity contribution in [2.75, 3.05) is 46.3 Å². The Kier molecular flexibility index (Phi) is 4.97. The molecule has 2 rings (SSSR count). The van der Waals surface area contributed by atoms with E-state index < -0.39 is 0 Å². The Hall–Kier alpha value is -0.650. The van der Waals surface area contributed by atoms with E-state index in [1.807, 2.05) is 14.0 Å². The highest BCUT2D eigenvalue weighted by molar-refractivity contribution is 5.81. The molecule has 1 amide bonds. The number of nitrogens with zero attached hydrogens (tertiary/aromatic N) is 2. The number of rotatable bonds is 6. The molecule has 1 atom stereocenters. The van der Waals surface area contributed by atoms with Gasteiger partial charge in [-0.2, -0.15) is 0 Å². The molecule has 5 heteroatoms. The van der Waals surface area contributed by atoms with Gasteiger partial charge in [-0.25, -0.2) is 0 Å². The van der Waals surface area contributed by atoms with Crippen molar-refractivity contribution < 1.29 is 4.79 Å². The second kappa shape index (κ2) is 6.50. The summed E-state index contributed by atoms with van der Waals surface area (Å²) < 4.78 is 0. The van der Waals surface area contributed by atoms with Gasteiger partial charge in [-0.15, -0.1) is 0 Å². The molecule has 104 valence electrons. The Morgan fingerprint density at radius 2 is 2.11 bits per heavy atom. The summed E-state index contributed by atoms with van der Waals surface area (Å²) in [6, 6.07) is 0.440. The maximum Gasteiger partial charge on any atom is 0.237 e. The third-order valence-corrected chi connectivity index (χ3v) is 3.94. The van der Waals surface area contributed by atoms with E-state index in [1.165, 1.54) is 0 Å². The molecule has 1 aliphatic carbocycles. The zero-order valence-corrected chi connectivity index (χ0v) is 11.6. The lowest BCUT2D eigenvalue weighted by atomic mass is 10.2. The van der Waals surface area contributed by atoms with Crippen LogP contribution < -0.4 is 10.6 Å². The maximum absolute atomic E-state index is 11.9. The summed E-state index contributed by atoms with van der Waals surface area (Å²) in [4.78, 5) is 16.5. The minimum atomic E-state index is -0.0199. The quantitative estimate of drug-likeness (QED) is 0.670. The van der Waals surface area contributed by atoms with E-state index in [1.54, 1.807) is 0 Å². The summed E-state index contributed by atoms with van der Waals surface area (Å²) in [6.07, 6.45) is 2.31. The molecular weight excluding hydrogens is 228 g/mol. The molecular formula is C13H26N4O. The van der Waals surface area contributed by atoms with E-state index in [0.29, 0.717) is 6.04 Å². The summed E-state index contributed by atoms with van der Waals surface area (Å²) in [7, 11) is 2.04. The average molecular weight is 254 g/mol. The lowest BCUT2D eigenvalue weighted by Crippen LogP contribution is -2.49. The van der Waals surface area contributed by atoms with Gasteiger partial charge >= 0.3 is 0 Å². The molecule has 0 aromatic heterocycles. The summed E-state index contributed by atoms with van der Waals surface area (Å²) in [5, 5.41) is 6.42. The van der Waals surface area contributed by atoms with Gasteiger partial charge in [0, 0.05) is 45.3 Å². The third-order valence-electron chi connectivity index (χ3n) is 3.94. The molecule has 0 aromatic carbocycles. The number of likely N-dealkylation sites (N-methyl/N-ethyl adjacent to an activating group) is 1. The summed E-state index contributed by atoms with van der Waals surface area (Å²) in [5.41, 5.74) is 0. The molecule has 18 heavy (non-hydrogen) atoms. The predicted molar refractivity (Wildman–Crippen MR) is 72.6 cm³/mol. The molecule has 2 fully saturated rings. The number of amides is 1. The van der Waals surface area contributed by atoms with Gasteiger partial charge in [0.2, 0.25) is 5.91 Å². The Morgan fingerprint density at radius 1 is 1.44 bits per heavy atom. The lowest BCUT2D eigenvalue weighted by molar-refractivity contribution is -0.125. The molecule has 2 aliphatic rings. The molecule has 1 aliphatic heterocycles. The van der Waals surface area contributed by atoms with Crippen LogP contribution in [0.25, 0.3) is 0 Å². The minimum Gasteiger partial charge on any atom is -0.352 e. The first-order valence-corrected chi connectivity index (χ1v) is 7.10. The predicted octanol–water partition coefficient (Wildman–Crippen LogP) is -0.509. The Morgan fingerprint density at radius 3 is 2.72 bits per heavy atom. The third kappa shape index (κ3) is 4.23. The second-order valence-corrected chi connectivity index (χ2v) is 5.53. The summed E-state index contributed by atoms with van der Waals surface area (Å²) in [6.45, 7) is 8.42. The van der Waals surface area contributed by atoms with Gasteiger partial charge in [0.15, 0.2) is 0 Å². The van der Waals surface area contributed by atoms with Crippen LogP contribution in [-0.4, -0.2) is 74.1 Å². The van der Waals surface area contributed by atoms with E-state index in [4.69, 9.17) is 0 Å². The lowest BCUT2D eigenvalue weighted by Gasteiger charge is -2.30. The first-order chi connectivity index (χ1) is 8.66. The van der Waals surface area contributed by atoms with Crippen molar-refractivity contribution in [3.05, 3.63) is 0 Å². The van der Waals surface area contributed by atoms with Gasteiger partial charge in [-0.1, -0.05) is 0 Å². The van der Waals surface area contributed by atoms with Crippen LogP contribution in [0.15, 0.2) is 0 Å². The molecule has 0 bridgehead atoms. The van der Waals surface area contributed by atoms with Gasteiger partial charge in [0.05, 0.1) is 6.04 Å². The number of carbonyl (C=O) groups is 1. The van der Waals surface area contributed by atoms with Crippen molar-refractivity contribution in [1.82, 2.24) is 20.4 Å². The molecule has 1 unspecified atom stereocenters. The van der Waals surface area contributed by atoms with E-state index in [-0.39, 0.29) is 11.9 Å². The van der Waals surface area contributed by atoms with Crippen molar-refractivity contribution in [3.63, 3.8) is 0 Å². The molecule has 5 nitrogen and oxygen atoms in total. The number of nitrogens with one attached hydrogen (secondary N) is 2. The molecule has 2 N–H and O–H groups in total. The van der Waals surface area contributed by atoms with Crippen LogP contribution in [-0.2, 0) is 4.79 Å². The van der Waals surface area contributed by atoms with Crippen molar-refractivity contribution in [3.8, 4) is 0 Å². The average Bonchev–Trinajstić information content (AvgIpc) is 3.20. The van der Waals surface area contributed by atoms with Crippen molar-refractivity contribution in [2.24, 2.45) is 0 Å². The van der Waals surface area contributed by atoms with E-state index in [2.05, 4.69) is 20.4 Å². The molecule has 1 saturated carbocycles. The van der Waals surface area contributed by atoms with E-state index >= 15 is 0 Å². The number of hydrogen-bond donors (Lipinski definition) is 2. The molecule has 0 radical (unpaired) electrons. The van der Waals surface area contributed by atoms with Crippen molar-refractivity contribution in [1.29, 1.82) is 0 Å². The SMILES string of the molecule is CC(C(=O)NC1CC1)N(C)CCN1CCNCC1. The fraction of sp³-hybridized carbons (Fsp3) is 0.923. The topological polar surface area (TPSA) is 47.6 Å². The van der Waals surface area contributed by atoms with Crippen LogP contribution >= 0.6 is 0 Å². The van der Waals surface area contributed by atoms with Crippen LogP contribution in [0.5, 0.6) is 0 Å². The van der Waals surface area contributed by atoms with Gasteiger partial charge in [0.1, 0.15) is 0 Å². The largest absolute Gasteiger partial charge is 0.352 e. The first-order valence-electron chi connectivity index (χ1n) is 7.10. The standard InChI is InChI=1S/C13H26N4O/c1-11(13(18)15-12-3-4-12)16(2)9-10-17-7-5-14-6-8-17/h11-12,14H,3-10H2,1-2H3,(H,15,18). The normalized spacial score (nSPS) is 23.1. The van der Waals surface area contributed by atoms with Crippen molar-refractivity contribution >= 4 is 5.91 Å². The Balaban J connectivity index is 1.65. The fourth-order valence-corrected chi connectivity index (χ4v) is 2.18. The van der Waals surface area contributed by atoms with Crippen LogP contribution in [0.2, 0.25) is 0 Å². The highest BCUT2D eigenvalue weighted by Crippen LogP contribution is 2.18. The van der Waals surface area contributed by atoms with Crippen LogP contribution in [0, 0.1) is 0 Å². The van der Waals surface area contributed by atoms with Gasteiger partial charge in [-0.05, 0) is 26.8 Å².